The Kier molecular flexibility index (Phi) is 5.19. The molecule has 3 aromatic rings. The molecule has 0 aliphatic carbocycles. The second kappa shape index (κ2) is 7.40. The van der Waals surface area contributed by atoms with Crippen LogP contribution in [-0.2, 0) is 14.8 Å². The molecule has 0 heterocycles. The zero-order chi connectivity index (χ0) is 19.6. The van der Waals surface area contributed by atoms with Gasteiger partial charge in [-0.1, -0.05) is 48.0 Å². The molecule has 5 nitrogen and oxygen atoms in total. The first-order valence-electron chi connectivity index (χ1n) is 8.58. The molecule has 0 aliphatic rings. The van der Waals surface area contributed by atoms with Gasteiger partial charge in [0, 0.05) is 5.69 Å². The number of aryl methyl sites for hydroxylation is 2. The van der Waals surface area contributed by atoms with Crippen molar-refractivity contribution >= 4 is 38.1 Å². The highest BCUT2D eigenvalue weighted by Gasteiger charge is 2.22. The number of nitrogens with zero attached hydrogens (tertiary/aromatic N) is 1. The number of hydrogen-bond donors (Lipinski definition) is 1. The summed E-state index contributed by atoms with van der Waals surface area (Å²) < 4.78 is 25.7. The maximum atomic E-state index is 12.5. The first-order valence-corrected chi connectivity index (χ1v) is 10.4. The van der Waals surface area contributed by atoms with Crippen molar-refractivity contribution < 1.29 is 13.2 Å². The predicted octanol–water partition coefficient (Wildman–Crippen LogP) is 3.86. The van der Waals surface area contributed by atoms with E-state index in [-0.39, 0.29) is 6.54 Å². The Balaban J connectivity index is 1.84. The molecule has 3 aromatic carbocycles. The van der Waals surface area contributed by atoms with Crippen LogP contribution >= 0.6 is 0 Å². The van der Waals surface area contributed by atoms with Crippen LogP contribution < -0.4 is 9.62 Å². The number of carbonyl (C=O) groups excluding carboxylic acids is 1. The van der Waals surface area contributed by atoms with Crippen molar-refractivity contribution in [3.05, 3.63) is 71.8 Å². The highest BCUT2D eigenvalue weighted by atomic mass is 32.2. The predicted molar refractivity (Wildman–Crippen MR) is 111 cm³/mol. The maximum absolute atomic E-state index is 12.5. The van der Waals surface area contributed by atoms with Gasteiger partial charge in [0.25, 0.3) is 0 Å². The van der Waals surface area contributed by atoms with Crippen molar-refractivity contribution in [3.8, 4) is 0 Å². The average Bonchev–Trinajstić information content (AvgIpc) is 2.59. The lowest BCUT2D eigenvalue weighted by atomic mass is 10.1. The Hall–Kier alpha value is -2.86. The van der Waals surface area contributed by atoms with E-state index in [4.69, 9.17) is 0 Å². The van der Waals surface area contributed by atoms with E-state index in [2.05, 4.69) is 5.32 Å². The molecule has 27 heavy (non-hydrogen) atoms. The fourth-order valence-electron chi connectivity index (χ4n) is 3.06. The van der Waals surface area contributed by atoms with Crippen LogP contribution in [0, 0.1) is 13.8 Å². The summed E-state index contributed by atoms with van der Waals surface area (Å²) in [6.45, 7) is 3.49. The number of hydrogen-bond acceptors (Lipinski definition) is 3. The molecular weight excluding hydrogens is 360 g/mol. The van der Waals surface area contributed by atoms with E-state index in [1.54, 1.807) is 6.07 Å². The standard InChI is InChI=1S/C21H22N2O3S/c1-15-8-11-20(16(2)12-15)23(27(3,25)26)14-21(24)22-19-10-9-17-6-4-5-7-18(17)13-19/h4-13H,14H2,1-3H3,(H,22,24). The number of rotatable bonds is 5. The molecule has 0 saturated carbocycles. The fraction of sp³-hybridized carbons (Fsp3) is 0.190. The van der Waals surface area contributed by atoms with Crippen LogP contribution in [-0.4, -0.2) is 27.1 Å². The number of fused-ring (bicyclic) bond motifs is 1. The van der Waals surface area contributed by atoms with Crippen molar-refractivity contribution in [2.24, 2.45) is 0 Å². The SMILES string of the molecule is Cc1ccc(N(CC(=O)Nc2ccc3ccccc3c2)S(C)(=O)=O)c(C)c1. The molecular formula is C21H22N2O3S. The van der Waals surface area contributed by atoms with Gasteiger partial charge in [-0.3, -0.25) is 9.10 Å². The van der Waals surface area contributed by atoms with Gasteiger partial charge in [-0.2, -0.15) is 0 Å². The molecule has 0 fully saturated rings. The number of carbonyl (C=O) groups is 1. The summed E-state index contributed by atoms with van der Waals surface area (Å²) >= 11 is 0. The Morgan fingerprint density at radius 3 is 2.33 bits per heavy atom. The lowest BCUT2D eigenvalue weighted by Gasteiger charge is -2.24. The Morgan fingerprint density at radius 2 is 1.67 bits per heavy atom. The molecule has 0 radical (unpaired) electrons. The van der Waals surface area contributed by atoms with Gasteiger partial charge >= 0.3 is 0 Å². The van der Waals surface area contributed by atoms with Crippen molar-refractivity contribution in [1.29, 1.82) is 0 Å². The molecule has 0 bridgehead atoms. The van der Waals surface area contributed by atoms with Crippen LogP contribution in [0.4, 0.5) is 11.4 Å². The number of nitrogens with one attached hydrogen (secondary N) is 1. The van der Waals surface area contributed by atoms with Gasteiger partial charge in [-0.25, -0.2) is 8.42 Å². The minimum atomic E-state index is -3.60. The molecule has 0 aromatic heterocycles. The molecule has 140 valence electrons. The van der Waals surface area contributed by atoms with Crippen LogP contribution in [0.25, 0.3) is 10.8 Å². The number of anilines is 2. The molecule has 0 saturated heterocycles. The summed E-state index contributed by atoms with van der Waals surface area (Å²) in [5.74, 6) is -0.393. The number of amides is 1. The van der Waals surface area contributed by atoms with E-state index in [1.807, 2.05) is 68.4 Å². The third-order valence-electron chi connectivity index (χ3n) is 4.34. The third kappa shape index (κ3) is 4.46. The van der Waals surface area contributed by atoms with Crippen LogP contribution in [0.5, 0.6) is 0 Å². The van der Waals surface area contributed by atoms with Crippen LogP contribution in [0.1, 0.15) is 11.1 Å². The second-order valence-electron chi connectivity index (χ2n) is 6.67. The minimum Gasteiger partial charge on any atom is -0.324 e. The van der Waals surface area contributed by atoms with Gasteiger partial charge < -0.3 is 5.32 Å². The van der Waals surface area contributed by atoms with Crippen molar-refractivity contribution in [2.75, 3.05) is 22.4 Å². The maximum Gasteiger partial charge on any atom is 0.245 e. The largest absolute Gasteiger partial charge is 0.324 e. The fourth-order valence-corrected chi connectivity index (χ4v) is 3.98. The first-order chi connectivity index (χ1) is 12.7. The van der Waals surface area contributed by atoms with Crippen molar-refractivity contribution in [2.45, 2.75) is 13.8 Å². The summed E-state index contributed by atoms with van der Waals surface area (Å²) in [5.41, 5.74) is 2.98. The Bertz CT molecular complexity index is 1110. The van der Waals surface area contributed by atoms with E-state index in [0.717, 1.165) is 32.5 Å². The molecule has 0 spiro atoms. The smallest absolute Gasteiger partial charge is 0.245 e. The second-order valence-corrected chi connectivity index (χ2v) is 8.58. The molecule has 0 atom stereocenters. The van der Waals surface area contributed by atoms with Gasteiger partial charge in [-0.15, -0.1) is 0 Å². The van der Waals surface area contributed by atoms with E-state index in [9.17, 15) is 13.2 Å². The van der Waals surface area contributed by atoms with E-state index in [0.29, 0.717) is 11.4 Å². The summed E-state index contributed by atoms with van der Waals surface area (Å²) in [6, 6.07) is 18.9. The first kappa shape index (κ1) is 18.9. The highest BCUT2D eigenvalue weighted by Crippen LogP contribution is 2.24. The van der Waals surface area contributed by atoms with E-state index >= 15 is 0 Å². The van der Waals surface area contributed by atoms with Gasteiger partial charge in [-0.05, 0) is 48.4 Å². The molecule has 6 heteroatoms. The monoisotopic (exact) mass is 382 g/mol. The van der Waals surface area contributed by atoms with Crippen LogP contribution in [0.2, 0.25) is 0 Å². The molecule has 0 unspecified atom stereocenters. The van der Waals surface area contributed by atoms with Crippen molar-refractivity contribution in [3.63, 3.8) is 0 Å². The van der Waals surface area contributed by atoms with Gasteiger partial charge in [0.1, 0.15) is 6.54 Å². The van der Waals surface area contributed by atoms with Crippen LogP contribution in [0.3, 0.4) is 0 Å². The molecule has 1 amide bonds. The Labute approximate surface area is 159 Å². The average molecular weight is 382 g/mol. The minimum absolute atomic E-state index is 0.282. The summed E-state index contributed by atoms with van der Waals surface area (Å²) in [4.78, 5) is 12.5. The summed E-state index contributed by atoms with van der Waals surface area (Å²) in [6.07, 6.45) is 1.11. The summed E-state index contributed by atoms with van der Waals surface area (Å²) in [5, 5.41) is 4.87. The zero-order valence-electron chi connectivity index (χ0n) is 15.6. The molecule has 3 rings (SSSR count). The highest BCUT2D eigenvalue weighted by molar-refractivity contribution is 7.92. The number of sulfonamides is 1. The van der Waals surface area contributed by atoms with E-state index in [1.165, 1.54) is 0 Å². The number of benzene rings is 3. The lowest BCUT2D eigenvalue weighted by molar-refractivity contribution is -0.114. The normalized spacial score (nSPS) is 11.4. The van der Waals surface area contributed by atoms with Crippen LogP contribution in [0.15, 0.2) is 60.7 Å². The lowest BCUT2D eigenvalue weighted by Crippen LogP contribution is -2.37. The van der Waals surface area contributed by atoms with Gasteiger partial charge in [0.05, 0.1) is 11.9 Å². The van der Waals surface area contributed by atoms with E-state index < -0.39 is 15.9 Å². The Morgan fingerprint density at radius 1 is 0.963 bits per heavy atom. The quantitative estimate of drug-likeness (QED) is 0.729. The third-order valence-corrected chi connectivity index (χ3v) is 5.47. The zero-order valence-corrected chi connectivity index (χ0v) is 16.4. The summed E-state index contributed by atoms with van der Waals surface area (Å²) in [7, 11) is -3.60. The molecule has 0 aliphatic heterocycles. The van der Waals surface area contributed by atoms with Gasteiger partial charge in [0.2, 0.25) is 15.9 Å². The van der Waals surface area contributed by atoms with Gasteiger partial charge in [0.15, 0.2) is 0 Å². The topological polar surface area (TPSA) is 66.5 Å². The molecule has 1 N–H and O–H groups in total. The van der Waals surface area contributed by atoms with Crippen molar-refractivity contribution in [1.82, 2.24) is 0 Å².